The quantitative estimate of drug-likeness (QED) is 0.662. The van der Waals surface area contributed by atoms with Gasteiger partial charge in [0.25, 0.3) is 0 Å². The molecule has 2 aromatic rings. The number of amides is 1. The van der Waals surface area contributed by atoms with Crippen LogP contribution in [0.3, 0.4) is 0 Å². The highest BCUT2D eigenvalue weighted by Gasteiger charge is 2.07. The number of nitrogens with one attached hydrogen (secondary N) is 2. The largest absolute Gasteiger partial charge is 0.441 e. The number of hydrogen-bond donors (Lipinski definition) is 2. The van der Waals surface area contributed by atoms with E-state index in [1.165, 1.54) is 0 Å². The summed E-state index contributed by atoms with van der Waals surface area (Å²) in [5, 5.41) is 6.16. The molecule has 5 heteroatoms. The van der Waals surface area contributed by atoms with E-state index in [0.29, 0.717) is 25.3 Å². The van der Waals surface area contributed by atoms with E-state index in [1.54, 1.807) is 6.20 Å². The van der Waals surface area contributed by atoms with Crippen molar-refractivity contribution in [3.63, 3.8) is 0 Å². The maximum atomic E-state index is 11.7. The number of aromatic nitrogens is 1. The zero-order chi connectivity index (χ0) is 16.3. The number of nitrogens with zero attached hydrogens (tertiary/aromatic N) is 1. The van der Waals surface area contributed by atoms with Crippen molar-refractivity contribution >= 4 is 5.91 Å². The van der Waals surface area contributed by atoms with Gasteiger partial charge in [0.15, 0.2) is 11.7 Å². The Hall–Kier alpha value is -2.14. The Morgan fingerprint density at radius 3 is 2.78 bits per heavy atom. The predicted octanol–water partition coefficient (Wildman–Crippen LogP) is 2.78. The first kappa shape index (κ1) is 17.2. The number of carbonyl (C=O) groups excluding carboxylic acids is 1. The van der Waals surface area contributed by atoms with Crippen molar-refractivity contribution in [1.29, 1.82) is 0 Å². The maximum absolute atomic E-state index is 11.7. The van der Waals surface area contributed by atoms with E-state index in [9.17, 15) is 4.79 Å². The predicted molar refractivity (Wildman–Crippen MR) is 91.0 cm³/mol. The summed E-state index contributed by atoms with van der Waals surface area (Å²) in [5.41, 5.74) is 1.02. The molecule has 1 aromatic heterocycles. The van der Waals surface area contributed by atoms with E-state index in [4.69, 9.17) is 4.42 Å². The van der Waals surface area contributed by atoms with Crippen LogP contribution in [0.4, 0.5) is 0 Å². The molecule has 0 spiro atoms. The Balaban J connectivity index is 1.65. The van der Waals surface area contributed by atoms with Gasteiger partial charge in [-0.15, -0.1) is 0 Å². The monoisotopic (exact) mass is 315 g/mol. The molecule has 1 amide bonds. The van der Waals surface area contributed by atoms with Crippen molar-refractivity contribution in [2.75, 3.05) is 19.6 Å². The molecule has 0 atom stereocenters. The van der Waals surface area contributed by atoms with Crippen LogP contribution in [0.2, 0.25) is 0 Å². The molecule has 0 unspecified atom stereocenters. The summed E-state index contributed by atoms with van der Waals surface area (Å²) in [4.78, 5) is 16.0. The van der Waals surface area contributed by atoms with Crippen molar-refractivity contribution in [1.82, 2.24) is 15.6 Å². The molecule has 0 aliphatic rings. The van der Waals surface area contributed by atoms with Crippen LogP contribution in [-0.2, 0) is 11.2 Å². The fourth-order valence-corrected chi connectivity index (χ4v) is 2.24. The third-order valence-electron chi connectivity index (χ3n) is 3.46. The highest BCUT2D eigenvalue weighted by Crippen LogP contribution is 2.20. The van der Waals surface area contributed by atoms with Crippen LogP contribution in [0, 0.1) is 0 Å². The van der Waals surface area contributed by atoms with Gasteiger partial charge in [-0.05, 0) is 19.4 Å². The molecule has 124 valence electrons. The Labute approximate surface area is 137 Å². The number of aryl methyl sites for hydroxylation is 1. The first-order valence-electron chi connectivity index (χ1n) is 8.27. The van der Waals surface area contributed by atoms with Gasteiger partial charge >= 0.3 is 0 Å². The van der Waals surface area contributed by atoms with Crippen molar-refractivity contribution in [2.45, 2.75) is 32.6 Å². The van der Waals surface area contributed by atoms with Crippen molar-refractivity contribution in [2.24, 2.45) is 0 Å². The molecule has 1 heterocycles. The topological polar surface area (TPSA) is 67.2 Å². The number of benzene rings is 1. The minimum absolute atomic E-state index is 0.0816. The number of oxazole rings is 1. The van der Waals surface area contributed by atoms with Gasteiger partial charge < -0.3 is 15.1 Å². The lowest BCUT2D eigenvalue weighted by atomic mass is 10.2. The molecular weight excluding hydrogens is 290 g/mol. The normalized spacial score (nSPS) is 10.7. The number of rotatable bonds is 10. The average Bonchev–Trinajstić information content (AvgIpc) is 3.04. The average molecular weight is 315 g/mol. The molecule has 0 bridgehead atoms. The second-order valence-electron chi connectivity index (χ2n) is 5.44. The zero-order valence-electron chi connectivity index (χ0n) is 13.7. The third-order valence-corrected chi connectivity index (χ3v) is 3.46. The standard InChI is InChI=1S/C18H25N3O2/c1-2-11-19-12-13-20-17(22)9-6-10-18-21-14-16(23-18)15-7-4-3-5-8-15/h3-5,7-8,14,19H,2,6,9-13H2,1H3,(H,20,22). The van der Waals surface area contributed by atoms with Gasteiger partial charge in [0, 0.05) is 31.5 Å². The molecule has 0 radical (unpaired) electrons. The number of hydrogen-bond acceptors (Lipinski definition) is 4. The number of carbonyl (C=O) groups is 1. The Bertz CT molecular complexity index is 581. The molecule has 5 nitrogen and oxygen atoms in total. The molecule has 0 fully saturated rings. The van der Waals surface area contributed by atoms with E-state index in [2.05, 4.69) is 22.5 Å². The van der Waals surface area contributed by atoms with Crippen molar-refractivity contribution < 1.29 is 9.21 Å². The lowest BCUT2D eigenvalue weighted by Gasteiger charge is -2.05. The second kappa shape index (κ2) is 9.79. The summed E-state index contributed by atoms with van der Waals surface area (Å²) in [5.74, 6) is 1.53. The molecular formula is C18H25N3O2. The molecule has 2 N–H and O–H groups in total. The molecule has 0 aliphatic carbocycles. The van der Waals surface area contributed by atoms with Crippen molar-refractivity contribution in [3.05, 3.63) is 42.4 Å². The maximum Gasteiger partial charge on any atom is 0.220 e. The molecule has 2 rings (SSSR count). The van der Waals surface area contributed by atoms with Gasteiger partial charge in [-0.25, -0.2) is 4.98 Å². The smallest absolute Gasteiger partial charge is 0.220 e. The van der Waals surface area contributed by atoms with E-state index >= 15 is 0 Å². The molecule has 23 heavy (non-hydrogen) atoms. The van der Waals surface area contributed by atoms with Crippen LogP contribution in [0.15, 0.2) is 40.9 Å². The van der Waals surface area contributed by atoms with Gasteiger partial charge in [-0.2, -0.15) is 0 Å². The van der Waals surface area contributed by atoms with Crippen LogP contribution in [0.25, 0.3) is 11.3 Å². The van der Waals surface area contributed by atoms with E-state index in [-0.39, 0.29) is 5.91 Å². The summed E-state index contributed by atoms with van der Waals surface area (Å²) < 4.78 is 5.72. The molecule has 0 saturated carbocycles. The Morgan fingerprint density at radius 2 is 2.00 bits per heavy atom. The van der Waals surface area contributed by atoms with Crippen LogP contribution in [0.1, 0.15) is 32.1 Å². The first-order chi connectivity index (χ1) is 11.3. The summed E-state index contributed by atoms with van der Waals surface area (Å²) in [6, 6.07) is 9.89. The van der Waals surface area contributed by atoms with E-state index in [1.807, 2.05) is 30.3 Å². The first-order valence-corrected chi connectivity index (χ1v) is 8.27. The fourth-order valence-electron chi connectivity index (χ4n) is 2.24. The summed E-state index contributed by atoms with van der Waals surface area (Å²) in [6.07, 6.45) is 4.76. The van der Waals surface area contributed by atoms with Gasteiger partial charge in [-0.1, -0.05) is 37.3 Å². The van der Waals surface area contributed by atoms with E-state index < -0.39 is 0 Å². The van der Waals surface area contributed by atoms with E-state index in [0.717, 1.165) is 37.3 Å². The van der Waals surface area contributed by atoms with Gasteiger partial charge in [-0.3, -0.25) is 4.79 Å². The molecule has 1 aromatic carbocycles. The Morgan fingerprint density at radius 1 is 1.17 bits per heavy atom. The van der Waals surface area contributed by atoms with Gasteiger partial charge in [0.2, 0.25) is 5.91 Å². The zero-order valence-corrected chi connectivity index (χ0v) is 13.7. The van der Waals surface area contributed by atoms with Crippen LogP contribution < -0.4 is 10.6 Å². The lowest BCUT2D eigenvalue weighted by molar-refractivity contribution is -0.121. The summed E-state index contributed by atoms with van der Waals surface area (Å²) in [7, 11) is 0. The highest BCUT2D eigenvalue weighted by atomic mass is 16.4. The van der Waals surface area contributed by atoms with Gasteiger partial charge in [0.05, 0.1) is 6.20 Å². The van der Waals surface area contributed by atoms with Crippen LogP contribution in [0.5, 0.6) is 0 Å². The molecule has 0 aliphatic heterocycles. The minimum Gasteiger partial charge on any atom is -0.441 e. The SMILES string of the molecule is CCCNCCNC(=O)CCCc1ncc(-c2ccccc2)o1. The Kier molecular flexibility index (Phi) is 7.33. The summed E-state index contributed by atoms with van der Waals surface area (Å²) in [6.45, 7) is 4.61. The van der Waals surface area contributed by atoms with Crippen LogP contribution in [-0.4, -0.2) is 30.5 Å². The third kappa shape index (κ3) is 6.24. The summed E-state index contributed by atoms with van der Waals surface area (Å²) >= 11 is 0. The van der Waals surface area contributed by atoms with Crippen molar-refractivity contribution in [3.8, 4) is 11.3 Å². The van der Waals surface area contributed by atoms with Crippen LogP contribution >= 0.6 is 0 Å². The fraction of sp³-hybridized carbons (Fsp3) is 0.444. The van der Waals surface area contributed by atoms with Gasteiger partial charge in [0.1, 0.15) is 0 Å². The highest BCUT2D eigenvalue weighted by molar-refractivity contribution is 5.75. The molecule has 0 saturated heterocycles. The second-order valence-corrected chi connectivity index (χ2v) is 5.44. The lowest BCUT2D eigenvalue weighted by Crippen LogP contribution is -2.31. The minimum atomic E-state index is 0.0816.